The van der Waals surface area contributed by atoms with Crippen molar-refractivity contribution in [2.75, 3.05) is 32.1 Å². The molecule has 2 aromatic rings. The van der Waals surface area contributed by atoms with Crippen LogP contribution >= 0.6 is 12.4 Å². The number of alkyl halides is 6. The maximum absolute atomic E-state index is 14.3. The summed E-state index contributed by atoms with van der Waals surface area (Å²) in [7, 11) is 2.35. The molecule has 0 unspecified atom stereocenters. The third-order valence-electron chi connectivity index (χ3n) is 5.59. The molecule has 2 amide bonds. The van der Waals surface area contributed by atoms with Gasteiger partial charge in [0.2, 0.25) is 0 Å². The van der Waals surface area contributed by atoms with E-state index in [1.807, 2.05) is 0 Å². The Kier molecular flexibility index (Phi) is 8.09. The summed E-state index contributed by atoms with van der Waals surface area (Å²) in [5, 5.41) is 2.96. The first kappa shape index (κ1) is 27.6. The highest BCUT2D eigenvalue weighted by atomic mass is 35.5. The average Bonchev–Trinajstić information content (AvgIpc) is 3.20. The van der Waals surface area contributed by atoms with E-state index in [0.29, 0.717) is 23.1 Å². The fraction of sp³-hybridized carbons (Fsp3) is 0.381. The van der Waals surface area contributed by atoms with Gasteiger partial charge < -0.3 is 10.2 Å². The van der Waals surface area contributed by atoms with Gasteiger partial charge in [-0.05, 0) is 29.8 Å². The number of urea groups is 1. The van der Waals surface area contributed by atoms with Crippen molar-refractivity contribution in [2.45, 2.75) is 24.3 Å². The molecule has 0 saturated carbocycles. The Morgan fingerprint density at radius 3 is 1.97 bits per heavy atom. The van der Waals surface area contributed by atoms with Crippen molar-refractivity contribution in [3.63, 3.8) is 0 Å². The fourth-order valence-electron chi connectivity index (χ4n) is 3.81. The minimum atomic E-state index is -5.06. The van der Waals surface area contributed by atoms with Gasteiger partial charge in [0.05, 0.1) is 17.2 Å². The van der Waals surface area contributed by atoms with Crippen LogP contribution in [0.3, 0.4) is 0 Å². The highest BCUT2D eigenvalue weighted by Gasteiger charge is 2.39. The zero-order valence-corrected chi connectivity index (χ0v) is 18.6. The number of rotatable bonds is 3. The summed E-state index contributed by atoms with van der Waals surface area (Å²) < 4.78 is 106. The van der Waals surface area contributed by atoms with Crippen LogP contribution in [0.5, 0.6) is 0 Å². The number of halogens is 9. The van der Waals surface area contributed by atoms with Crippen LogP contribution in [-0.2, 0) is 12.4 Å². The predicted octanol–water partition coefficient (Wildman–Crippen LogP) is 5.67. The Balaban J connectivity index is 0.00000408. The lowest BCUT2D eigenvalue weighted by Gasteiger charge is -2.33. The third-order valence-corrected chi connectivity index (χ3v) is 5.59. The number of hydrogen-bond acceptors (Lipinski definition) is 2. The van der Waals surface area contributed by atoms with E-state index in [-0.39, 0.29) is 37.1 Å². The Bertz CT molecular complexity index is 1010. The molecule has 3 rings (SSSR count). The summed E-state index contributed by atoms with van der Waals surface area (Å²) in [6.45, 7) is 0.421. The van der Waals surface area contributed by atoms with Crippen molar-refractivity contribution >= 4 is 24.1 Å². The third kappa shape index (κ3) is 5.72. The standard InChI is InChI=1S/C21H19F8N3O.ClH/c1-31(14-6-11(20(24,25)26)5-12(7-14)21(27,28)29)19(33)32(2)18-10-30-9-16(18)15-4-3-13(22)8-17(15)23;/h3-8,16,18,30H,9-10H2,1-2H3;1H/t16-,18+;/m0./s1. The molecule has 1 N–H and O–H groups in total. The molecule has 0 aromatic heterocycles. The van der Waals surface area contributed by atoms with E-state index in [1.54, 1.807) is 0 Å². The van der Waals surface area contributed by atoms with Crippen LogP contribution in [0.2, 0.25) is 0 Å². The zero-order valence-electron chi connectivity index (χ0n) is 17.8. The SMILES string of the molecule is CN(C(=O)N(C)[C@@H]1CNC[C@H]1c1ccc(F)cc1F)c1cc(C(F)(F)F)cc(C(F)(F)F)c1.Cl. The molecule has 1 aliphatic heterocycles. The van der Waals surface area contributed by atoms with Crippen LogP contribution in [0.15, 0.2) is 36.4 Å². The predicted molar refractivity (Wildman–Crippen MR) is 111 cm³/mol. The molecule has 0 radical (unpaired) electrons. The highest BCUT2D eigenvalue weighted by molar-refractivity contribution is 5.92. The van der Waals surface area contributed by atoms with Gasteiger partial charge in [-0.3, -0.25) is 4.90 Å². The first-order chi connectivity index (χ1) is 15.2. The van der Waals surface area contributed by atoms with Gasteiger partial charge >= 0.3 is 18.4 Å². The Hall–Kier alpha value is -2.60. The molecule has 0 aliphatic carbocycles. The number of carbonyl (C=O) groups excluding carboxylic acids is 1. The quantitative estimate of drug-likeness (QED) is 0.533. The zero-order chi connectivity index (χ0) is 24.7. The maximum Gasteiger partial charge on any atom is 0.416 e. The molecular weight excluding hydrogens is 498 g/mol. The number of hydrogen-bond donors (Lipinski definition) is 1. The number of carbonyl (C=O) groups is 1. The molecule has 188 valence electrons. The molecule has 2 aromatic carbocycles. The molecule has 0 spiro atoms. The summed E-state index contributed by atoms with van der Waals surface area (Å²) in [6.07, 6.45) is -10.1. The largest absolute Gasteiger partial charge is 0.416 e. The first-order valence-corrected chi connectivity index (χ1v) is 9.66. The molecule has 1 heterocycles. The van der Waals surface area contributed by atoms with Gasteiger partial charge in [0.25, 0.3) is 0 Å². The summed E-state index contributed by atoms with van der Waals surface area (Å²) in [4.78, 5) is 14.8. The molecule has 2 atom stereocenters. The van der Waals surface area contributed by atoms with Gasteiger partial charge in [-0.1, -0.05) is 6.07 Å². The second-order valence-corrected chi connectivity index (χ2v) is 7.71. The van der Waals surface area contributed by atoms with E-state index >= 15 is 0 Å². The van der Waals surface area contributed by atoms with Crippen LogP contribution in [0.25, 0.3) is 0 Å². The second-order valence-electron chi connectivity index (χ2n) is 7.71. The van der Waals surface area contributed by atoms with Crippen molar-refractivity contribution < 1.29 is 39.9 Å². The van der Waals surface area contributed by atoms with E-state index in [1.165, 1.54) is 13.1 Å². The van der Waals surface area contributed by atoms with Gasteiger partial charge in [0, 0.05) is 44.9 Å². The van der Waals surface area contributed by atoms with Crippen LogP contribution in [0.4, 0.5) is 45.6 Å². The minimum Gasteiger partial charge on any atom is -0.322 e. The average molecular weight is 518 g/mol. The molecule has 1 aliphatic rings. The monoisotopic (exact) mass is 517 g/mol. The molecule has 0 bridgehead atoms. The highest BCUT2D eigenvalue weighted by Crippen LogP contribution is 2.38. The number of likely N-dealkylation sites (N-methyl/N-ethyl adjacent to an activating group) is 1. The summed E-state index contributed by atoms with van der Waals surface area (Å²) in [5.74, 6) is -2.22. The Morgan fingerprint density at radius 2 is 1.47 bits per heavy atom. The number of anilines is 1. The lowest BCUT2D eigenvalue weighted by Crippen LogP contribution is -2.47. The van der Waals surface area contributed by atoms with Gasteiger partial charge in [-0.2, -0.15) is 26.3 Å². The normalized spacial score (nSPS) is 18.4. The molecule has 34 heavy (non-hydrogen) atoms. The smallest absolute Gasteiger partial charge is 0.322 e. The second kappa shape index (κ2) is 9.95. The van der Waals surface area contributed by atoms with Crippen LogP contribution < -0.4 is 10.2 Å². The van der Waals surface area contributed by atoms with Crippen molar-refractivity contribution in [1.29, 1.82) is 0 Å². The van der Waals surface area contributed by atoms with Gasteiger partial charge in [-0.15, -0.1) is 12.4 Å². The molecule has 1 fully saturated rings. The van der Waals surface area contributed by atoms with Crippen LogP contribution in [0.1, 0.15) is 22.6 Å². The lowest BCUT2D eigenvalue weighted by atomic mass is 9.93. The summed E-state index contributed by atoms with van der Waals surface area (Å²) in [5.41, 5.74) is -3.58. The molecule has 13 heteroatoms. The lowest BCUT2D eigenvalue weighted by molar-refractivity contribution is -0.143. The van der Waals surface area contributed by atoms with E-state index in [0.717, 1.165) is 18.0 Å². The molecular formula is C21H20ClF8N3O. The number of nitrogens with zero attached hydrogens (tertiary/aromatic N) is 2. The number of benzene rings is 2. The Labute approximate surface area is 195 Å². The van der Waals surface area contributed by atoms with E-state index < -0.39 is 58.8 Å². The van der Waals surface area contributed by atoms with Crippen LogP contribution in [-0.4, -0.2) is 44.2 Å². The minimum absolute atomic E-state index is 0. The van der Waals surface area contributed by atoms with E-state index in [9.17, 15) is 39.9 Å². The van der Waals surface area contributed by atoms with Gasteiger partial charge in [0.15, 0.2) is 0 Å². The van der Waals surface area contributed by atoms with Crippen molar-refractivity contribution in [1.82, 2.24) is 10.2 Å². The molecule has 1 saturated heterocycles. The van der Waals surface area contributed by atoms with Crippen molar-refractivity contribution in [3.05, 3.63) is 64.7 Å². The molecule has 4 nitrogen and oxygen atoms in total. The fourth-order valence-corrected chi connectivity index (χ4v) is 3.81. The summed E-state index contributed by atoms with van der Waals surface area (Å²) >= 11 is 0. The maximum atomic E-state index is 14.3. The Morgan fingerprint density at radius 1 is 0.912 bits per heavy atom. The van der Waals surface area contributed by atoms with Crippen molar-refractivity contribution in [3.8, 4) is 0 Å². The number of amides is 2. The summed E-state index contributed by atoms with van der Waals surface area (Å²) in [6, 6.07) is 2.27. The topological polar surface area (TPSA) is 35.6 Å². The van der Waals surface area contributed by atoms with Gasteiger partial charge in [0.1, 0.15) is 11.6 Å². The van der Waals surface area contributed by atoms with E-state index in [2.05, 4.69) is 5.32 Å². The van der Waals surface area contributed by atoms with E-state index in [4.69, 9.17) is 0 Å². The van der Waals surface area contributed by atoms with Crippen molar-refractivity contribution in [2.24, 2.45) is 0 Å². The first-order valence-electron chi connectivity index (χ1n) is 9.66. The van der Waals surface area contributed by atoms with Crippen LogP contribution in [0, 0.1) is 11.6 Å². The number of nitrogens with one attached hydrogen (secondary N) is 1. The van der Waals surface area contributed by atoms with Gasteiger partial charge in [-0.25, -0.2) is 13.6 Å².